The fourth-order valence-electron chi connectivity index (χ4n) is 1.32. The number of benzene rings is 2. The Morgan fingerprint density at radius 2 is 1.40 bits per heavy atom. The first-order chi connectivity index (χ1) is 8.99. The number of fused-ring (bicyclic) bond motifs is 1. The molecule has 2 aromatic rings. The summed E-state index contributed by atoms with van der Waals surface area (Å²) in [6.45, 7) is 8.25. The van der Waals surface area contributed by atoms with Gasteiger partial charge in [-0.1, -0.05) is 64.4 Å². The van der Waals surface area contributed by atoms with Crippen LogP contribution >= 0.6 is 0 Å². The van der Waals surface area contributed by atoms with E-state index in [9.17, 15) is 13.0 Å². The maximum Gasteiger partial charge on any atom is 1.00 e. The normalized spacial score (nSPS) is 9.45. The Labute approximate surface area is 144 Å². The third kappa shape index (κ3) is 7.41. The Morgan fingerprint density at radius 3 is 1.85 bits per heavy atom. The van der Waals surface area contributed by atoms with Gasteiger partial charge in [0.25, 0.3) is 0 Å². The predicted molar refractivity (Wildman–Crippen MR) is 79.2 cm³/mol. The first-order valence-corrected chi connectivity index (χ1v) is 7.84. The molecule has 0 spiro atoms. The average molecular weight is 304 g/mol. The molecule has 20 heavy (non-hydrogen) atoms. The van der Waals surface area contributed by atoms with E-state index in [0.29, 0.717) is 0 Å². The predicted octanol–water partition coefficient (Wildman–Crippen LogP) is 1.19. The third-order valence-corrected chi connectivity index (χ3v) is 2.84. The zero-order chi connectivity index (χ0) is 14.9. The average Bonchev–Trinajstić information content (AvgIpc) is 2.40. The summed E-state index contributed by atoms with van der Waals surface area (Å²) < 4.78 is 32.2. The maximum absolute atomic E-state index is 10.7. The van der Waals surface area contributed by atoms with Crippen LogP contribution < -0.4 is 29.6 Å². The molecule has 0 unspecified atom stereocenters. The minimum Gasteiger partial charge on any atom is -0.744 e. The zero-order valence-corrected chi connectivity index (χ0v) is 15.7. The van der Waals surface area contributed by atoms with Crippen LogP contribution in [0.3, 0.4) is 0 Å². The van der Waals surface area contributed by atoms with Crippen molar-refractivity contribution in [3.8, 4) is 0 Å². The van der Waals surface area contributed by atoms with Crippen molar-refractivity contribution >= 4 is 20.9 Å². The van der Waals surface area contributed by atoms with Gasteiger partial charge in [0.1, 0.15) is 10.1 Å². The molecule has 0 amide bonds. The van der Waals surface area contributed by atoms with E-state index in [2.05, 4.69) is 13.8 Å². The molecule has 106 valence electrons. The summed E-state index contributed by atoms with van der Waals surface area (Å²) in [7, 11) is -4.34. The van der Waals surface area contributed by atoms with Crippen molar-refractivity contribution in [3.05, 3.63) is 42.5 Å². The van der Waals surface area contributed by atoms with Gasteiger partial charge in [0, 0.05) is 0 Å². The second-order valence-corrected chi connectivity index (χ2v) is 5.05. The Balaban J connectivity index is 0. The van der Waals surface area contributed by atoms with Crippen molar-refractivity contribution in [2.75, 3.05) is 0 Å². The smallest absolute Gasteiger partial charge is 0.744 e. The van der Waals surface area contributed by atoms with Crippen molar-refractivity contribution in [2.24, 2.45) is 0 Å². The van der Waals surface area contributed by atoms with Gasteiger partial charge in [0.2, 0.25) is 0 Å². The third-order valence-electron chi connectivity index (χ3n) is 2.01. The van der Waals surface area contributed by atoms with Gasteiger partial charge in [0.15, 0.2) is 0 Å². The minimum atomic E-state index is -4.34. The van der Waals surface area contributed by atoms with Crippen molar-refractivity contribution in [2.45, 2.75) is 39.0 Å². The van der Waals surface area contributed by atoms with Gasteiger partial charge in [-0.15, -0.1) is 0 Å². The molecule has 0 fully saturated rings. The molecule has 0 saturated carbocycles. The van der Waals surface area contributed by atoms with Crippen LogP contribution in [-0.2, 0) is 10.1 Å². The van der Waals surface area contributed by atoms with E-state index >= 15 is 0 Å². The largest absolute Gasteiger partial charge is 1.00 e. The van der Waals surface area contributed by atoms with Crippen molar-refractivity contribution < 1.29 is 42.5 Å². The van der Waals surface area contributed by atoms with Crippen LogP contribution in [0.15, 0.2) is 47.4 Å². The van der Waals surface area contributed by atoms with Crippen LogP contribution in [0.2, 0.25) is 0 Å². The van der Waals surface area contributed by atoms with Crippen molar-refractivity contribution in [1.29, 1.82) is 0 Å². The van der Waals surface area contributed by atoms with E-state index in [1.807, 2.05) is 26.0 Å². The van der Waals surface area contributed by atoms with E-state index < -0.39 is 10.1 Å². The molecule has 0 radical (unpaired) electrons. The molecule has 0 saturated heterocycles. The van der Waals surface area contributed by atoms with Gasteiger partial charge < -0.3 is 4.55 Å². The number of hydrogen-bond acceptors (Lipinski definition) is 3. The van der Waals surface area contributed by atoms with E-state index in [1.54, 1.807) is 18.2 Å². The van der Waals surface area contributed by atoms with Gasteiger partial charge in [-0.25, -0.2) is 8.42 Å². The van der Waals surface area contributed by atoms with Gasteiger partial charge in [0.05, 0.1) is 4.90 Å². The van der Waals surface area contributed by atoms with Crippen molar-refractivity contribution in [1.82, 2.24) is 0 Å². The number of rotatable bonds is 1. The second kappa shape index (κ2) is 11.3. The molecule has 0 atom stereocenters. The van der Waals surface area contributed by atoms with Gasteiger partial charge in [-0.05, 0) is 22.9 Å². The molecular formula is C15H21NaO3S. The van der Waals surface area contributed by atoms with Gasteiger partial charge >= 0.3 is 29.6 Å². The Kier molecular flexibility index (Phi) is 12.4. The Hall–Kier alpha value is -0.390. The molecule has 5 heteroatoms. The summed E-state index contributed by atoms with van der Waals surface area (Å²) in [4.78, 5) is -0.184. The maximum atomic E-state index is 10.7. The summed E-state index contributed by atoms with van der Waals surface area (Å²) >= 11 is 0. The summed E-state index contributed by atoms with van der Waals surface area (Å²) in [5.74, 6) is 0. The number of hydrogen-bond donors (Lipinski definition) is 0. The van der Waals surface area contributed by atoms with Crippen LogP contribution in [0.5, 0.6) is 0 Å². The minimum absolute atomic E-state index is 0. The molecule has 0 N–H and O–H groups in total. The van der Waals surface area contributed by atoms with Crippen LogP contribution in [-0.4, -0.2) is 13.0 Å². The van der Waals surface area contributed by atoms with E-state index in [-0.39, 0.29) is 34.5 Å². The summed E-state index contributed by atoms with van der Waals surface area (Å²) in [6.07, 6.45) is 1.25. The van der Waals surface area contributed by atoms with E-state index in [1.165, 1.54) is 18.6 Å². The second-order valence-electron chi connectivity index (χ2n) is 3.67. The van der Waals surface area contributed by atoms with Gasteiger partial charge in [-0.3, -0.25) is 0 Å². The Bertz CT molecular complexity index is 595. The topological polar surface area (TPSA) is 57.2 Å². The molecule has 2 rings (SSSR count). The molecule has 2 aromatic carbocycles. The van der Waals surface area contributed by atoms with E-state index in [0.717, 1.165) is 10.8 Å². The molecule has 0 aliphatic heterocycles. The van der Waals surface area contributed by atoms with Crippen LogP contribution in [0.4, 0.5) is 0 Å². The molecule has 0 aliphatic rings. The van der Waals surface area contributed by atoms with Crippen LogP contribution in [0, 0.1) is 0 Å². The van der Waals surface area contributed by atoms with Gasteiger partial charge in [-0.2, -0.15) is 0 Å². The molecule has 3 nitrogen and oxygen atoms in total. The molecule has 0 aliphatic carbocycles. The van der Waals surface area contributed by atoms with Crippen LogP contribution in [0.1, 0.15) is 34.1 Å². The summed E-state index contributed by atoms with van der Waals surface area (Å²) in [5, 5.41) is 1.67. The Morgan fingerprint density at radius 1 is 0.950 bits per heavy atom. The first-order valence-electron chi connectivity index (χ1n) is 6.43. The van der Waals surface area contributed by atoms with Crippen molar-refractivity contribution in [3.63, 3.8) is 0 Å². The zero-order valence-electron chi connectivity index (χ0n) is 12.9. The quantitative estimate of drug-likeness (QED) is 0.587. The molecular weight excluding hydrogens is 283 g/mol. The standard InChI is InChI=1S/C10H8O3S.C3H8.C2H6.Na/c11-14(12,13)10-6-5-8-3-1-2-4-9(8)7-10;1-3-2;1-2;/h1-7H,(H,11,12,13);3H2,1-2H3;1-2H3;/q;;;+1/p-1. The molecule has 0 aromatic heterocycles. The fraction of sp³-hybridized carbons (Fsp3) is 0.333. The summed E-state index contributed by atoms with van der Waals surface area (Å²) in [5.41, 5.74) is 0. The van der Waals surface area contributed by atoms with Crippen LogP contribution in [0.25, 0.3) is 10.8 Å². The first kappa shape index (κ1) is 21.9. The fourth-order valence-corrected chi connectivity index (χ4v) is 1.83. The molecule has 0 heterocycles. The molecule has 0 bridgehead atoms. The monoisotopic (exact) mass is 304 g/mol. The van der Waals surface area contributed by atoms with E-state index in [4.69, 9.17) is 0 Å². The SMILES string of the molecule is CC.CCC.O=S(=O)([O-])c1ccc2ccccc2c1.[Na+]. The summed E-state index contributed by atoms with van der Waals surface area (Å²) in [6, 6.07) is 11.6.